The third-order valence-corrected chi connectivity index (χ3v) is 5.77. The van der Waals surface area contributed by atoms with Crippen LogP contribution in [-0.4, -0.2) is 56.1 Å². The maximum atomic E-state index is 12.1. The van der Waals surface area contributed by atoms with Gasteiger partial charge in [-0.1, -0.05) is 42.5 Å². The summed E-state index contributed by atoms with van der Waals surface area (Å²) in [6.07, 6.45) is 4.00. The Balaban J connectivity index is 0.00000272. The van der Waals surface area contributed by atoms with E-state index in [-0.39, 0.29) is 42.5 Å². The third kappa shape index (κ3) is 6.12. The van der Waals surface area contributed by atoms with Gasteiger partial charge in [0.15, 0.2) is 5.96 Å². The number of aliphatic imine (C=N–C) groups is 1. The van der Waals surface area contributed by atoms with Crippen molar-refractivity contribution in [2.24, 2.45) is 4.99 Å². The van der Waals surface area contributed by atoms with Crippen molar-refractivity contribution < 1.29 is 9.53 Å². The molecule has 2 atom stereocenters. The van der Waals surface area contributed by atoms with Gasteiger partial charge in [-0.3, -0.25) is 4.79 Å². The van der Waals surface area contributed by atoms with Crippen molar-refractivity contribution in [3.05, 3.63) is 65.2 Å². The van der Waals surface area contributed by atoms with Crippen LogP contribution in [-0.2, 0) is 24.1 Å². The molecule has 1 amide bonds. The zero-order chi connectivity index (χ0) is 20.9. The van der Waals surface area contributed by atoms with Crippen molar-refractivity contribution in [1.29, 1.82) is 0 Å². The number of amides is 1. The number of halogens is 1. The number of hydrogen-bond acceptors (Lipinski definition) is 3. The molecule has 0 fully saturated rings. The number of likely N-dealkylation sites (N-methyl/N-ethyl adjacent to an activating group) is 1. The van der Waals surface area contributed by atoms with Gasteiger partial charge in [0.2, 0.25) is 5.91 Å². The summed E-state index contributed by atoms with van der Waals surface area (Å²) in [5.41, 5.74) is 4.06. The predicted molar refractivity (Wildman–Crippen MR) is 134 cm³/mol. The lowest BCUT2D eigenvalue weighted by atomic mass is 9.88. The Morgan fingerprint density at radius 1 is 1.06 bits per heavy atom. The van der Waals surface area contributed by atoms with Crippen molar-refractivity contribution in [1.82, 2.24) is 15.5 Å². The van der Waals surface area contributed by atoms with Crippen molar-refractivity contribution in [3.63, 3.8) is 0 Å². The molecule has 1 heterocycles. The Bertz CT molecular complexity index is 906. The van der Waals surface area contributed by atoms with E-state index < -0.39 is 0 Å². The highest BCUT2D eigenvalue weighted by atomic mass is 127. The maximum absolute atomic E-state index is 12.1. The van der Waals surface area contributed by atoms with E-state index in [1.807, 2.05) is 18.2 Å². The Hall–Kier alpha value is -2.29. The minimum Gasteiger partial charge on any atom is -0.488 e. The fourth-order valence-electron chi connectivity index (χ4n) is 4.03. The first-order valence-electron chi connectivity index (χ1n) is 10.6. The second-order valence-corrected chi connectivity index (χ2v) is 8.24. The van der Waals surface area contributed by atoms with Gasteiger partial charge >= 0.3 is 0 Å². The molecule has 6 nitrogen and oxygen atoms in total. The number of hydrogen-bond donors (Lipinski definition) is 2. The number of para-hydroxylation sites is 1. The number of carbonyl (C=O) groups excluding carboxylic acids is 1. The molecule has 1 aliphatic carbocycles. The monoisotopic (exact) mass is 534 g/mol. The number of fused-ring (bicyclic) bond motifs is 2. The average molecular weight is 534 g/mol. The van der Waals surface area contributed by atoms with E-state index in [1.165, 1.54) is 16.7 Å². The van der Waals surface area contributed by atoms with Crippen LogP contribution in [0.25, 0.3) is 0 Å². The molecule has 2 aromatic carbocycles. The van der Waals surface area contributed by atoms with E-state index >= 15 is 0 Å². The Morgan fingerprint density at radius 2 is 1.77 bits per heavy atom. The minimum absolute atomic E-state index is 0. The fraction of sp³-hybridized carbons (Fsp3) is 0.417. The molecule has 0 spiro atoms. The van der Waals surface area contributed by atoms with Gasteiger partial charge < -0.3 is 20.3 Å². The summed E-state index contributed by atoms with van der Waals surface area (Å²) in [6.45, 7) is 0.761. The topological polar surface area (TPSA) is 66.0 Å². The summed E-state index contributed by atoms with van der Waals surface area (Å²) < 4.78 is 6.04. The molecular weight excluding hydrogens is 503 g/mol. The molecule has 31 heavy (non-hydrogen) atoms. The molecule has 2 aromatic rings. The number of aryl methyl sites for hydroxylation is 1. The van der Waals surface area contributed by atoms with E-state index in [1.54, 1.807) is 19.0 Å². The number of benzene rings is 2. The Labute approximate surface area is 201 Å². The minimum atomic E-state index is -0.0189. The van der Waals surface area contributed by atoms with E-state index in [9.17, 15) is 4.79 Å². The van der Waals surface area contributed by atoms with Crippen LogP contribution in [0.4, 0.5) is 0 Å². The van der Waals surface area contributed by atoms with Crippen LogP contribution in [0.5, 0.6) is 5.75 Å². The first-order chi connectivity index (χ1) is 14.6. The molecule has 1 aliphatic heterocycles. The largest absolute Gasteiger partial charge is 0.488 e. The second kappa shape index (κ2) is 10.8. The zero-order valence-electron chi connectivity index (χ0n) is 18.1. The Kier molecular flexibility index (Phi) is 8.17. The van der Waals surface area contributed by atoms with Gasteiger partial charge in [-0.25, -0.2) is 4.99 Å². The number of ether oxygens (including phenoxy) is 1. The van der Waals surface area contributed by atoms with Gasteiger partial charge in [0.05, 0.1) is 6.54 Å². The van der Waals surface area contributed by atoms with E-state index in [2.05, 4.69) is 46.0 Å². The molecule has 2 unspecified atom stereocenters. The van der Waals surface area contributed by atoms with Gasteiger partial charge in [-0.15, -0.1) is 24.0 Å². The molecule has 2 N–H and O–H groups in total. The number of nitrogens with one attached hydrogen (secondary N) is 2. The third-order valence-electron chi connectivity index (χ3n) is 5.77. The van der Waals surface area contributed by atoms with Gasteiger partial charge in [0, 0.05) is 26.6 Å². The summed E-state index contributed by atoms with van der Waals surface area (Å²) in [5, 5.41) is 6.95. The van der Waals surface area contributed by atoms with Crippen molar-refractivity contribution in [2.75, 3.05) is 27.2 Å². The number of rotatable bonds is 5. The maximum Gasteiger partial charge on any atom is 0.243 e. The highest BCUT2D eigenvalue weighted by Crippen LogP contribution is 2.27. The van der Waals surface area contributed by atoms with Crippen molar-refractivity contribution in [3.8, 4) is 5.75 Å². The fourth-order valence-corrected chi connectivity index (χ4v) is 4.03. The van der Waals surface area contributed by atoms with Gasteiger partial charge in [0.25, 0.3) is 0 Å². The van der Waals surface area contributed by atoms with Crippen LogP contribution in [0.2, 0.25) is 0 Å². The predicted octanol–water partition coefficient (Wildman–Crippen LogP) is 2.79. The molecule has 4 rings (SSSR count). The lowest BCUT2D eigenvalue weighted by Crippen LogP contribution is -2.48. The highest BCUT2D eigenvalue weighted by molar-refractivity contribution is 14.0. The van der Waals surface area contributed by atoms with Crippen molar-refractivity contribution in [2.45, 2.75) is 37.8 Å². The van der Waals surface area contributed by atoms with Crippen LogP contribution in [0, 0.1) is 0 Å². The van der Waals surface area contributed by atoms with E-state index in [4.69, 9.17) is 4.74 Å². The molecule has 0 radical (unpaired) electrons. The number of guanidine groups is 1. The van der Waals surface area contributed by atoms with Crippen LogP contribution in [0.3, 0.4) is 0 Å². The first-order valence-corrected chi connectivity index (χ1v) is 10.6. The summed E-state index contributed by atoms with van der Waals surface area (Å²) >= 11 is 0. The summed E-state index contributed by atoms with van der Waals surface area (Å²) in [6, 6.07) is 17.1. The molecule has 166 valence electrons. The summed E-state index contributed by atoms with van der Waals surface area (Å²) in [4.78, 5) is 18.2. The van der Waals surface area contributed by atoms with Crippen LogP contribution >= 0.6 is 24.0 Å². The SMILES string of the molecule is CN(C)C(=O)CN=C(NCC1Cc2ccccc2O1)NC1CCc2ccccc2C1.I. The van der Waals surface area contributed by atoms with Gasteiger partial charge in [0.1, 0.15) is 18.4 Å². The molecule has 0 aromatic heterocycles. The molecule has 7 heteroatoms. The van der Waals surface area contributed by atoms with E-state index in [0.29, 0.717) is 18.5 Å². The number of nitrogens with zero attached hydrogens (tertiary/aromatic N) is 2. The zero-order valence-corrected chi connectivity index (χ0v) is 20.5. The summed E-state index contributed by atoms with van der Waals surface area (Å²) in [7, 11) is 3.50. The quantitative estimate of drug-likeness (QED) is 0.352. The smallest absolute Gasteiger partial charge is 0.243 e. The first kappa shape index (κ1) is 23.4. The van der Waals surface area contributed by atoms with Crippen LogP contribution in [0.1, 0.15) is 23.1 Å². The van der Waals surface area contributed by atoms with Crippen LogP contribution < -0.4 is 15.4 Å². The van der Waals surface area contributed by atoms with Gasteiger partial charge in [-0.05, 0) is 42.0 Å². The van der Waals surface area contributed by atoms with E-state index in [0.717, 1.165) is 31.4 Å². The average Bonchev–Trinajstić information content (AvgIpc) is 3.18. The number of carbonyl (C=O) groups is 1. The molecule has 0 bridgehead atoms. The normalized spacial score (nSPS) is 19.4. The lowest BCUT2D eigenvalue weighted by molar-refractivity contribution is -0.127. The molecule has 0 saturated carbocycles. The lowest BCUT2D eigenvalue weighted by Gasteiger charge is -2.27. The van der Waals surface area contributed by atoms with Crippen LogP contribution in [0.15, 0.2) is 53.5 Å². The molecular formula is C24H31IN4O2. The Morgan fingerprint density at radius 3 is 2.52 bits per heavy atom. The highest BCUT2D eigenvalue weighted by Gasteiger charge is 2.24. The second-order valence-electron chi connectivity index (χ2n) is 8.24. The van der Waals surface area contributed by atoms with Crippen molar-refractivity contribution >= 4 is 35.8 Å². The summed E-state index contributed by atoms with van der Waals surface area (Å²) in [5.74, 6) is 1.62. The molecule has 2 aliphatic rings. The molecule has 0 saturated heterocycles. The standard InChI is InChI=1S/C24H30N4O2.HI/c1-28(2)23(29)16-26-24(25-15-21-14-19-9-5-6-10-22(19)30-21)27-20-12-11-17-7-3-4-8-18(17)13-20;/h3-10,20-21H,11-16H2,1-2H3,(H2,25,26,27);1H. The van der Waals surface area contributed by atoms with Gasteiger partial charge in [-0.2, -0.15) is 0 Å².